The van der Waals surface area contributed by atoms with E-state index in [1.807, 2.05) is 0 Å². The predicted octanol–water partition coefficient (Wildman–Crippen LogP) is -2.95. The van der Waals surface area contributed by atoms with Crippen molar-refractivity contribution < 1.29 is 55.1 Å². The summed E-state index contributed by atoms with van der Waals surface area (Å²) in [5, 5.41) is 81.0. The van der Waals surface area contributed by atoms with E-state index >= 15 is 0 Å². The summed E-state index contributed by atoms with van der Waals surface area (Å²) in [5.74, 6) is -2.11. The minimum absolute atomic E-state index is 0.0251. The Hall–Kier alpha value is -0.480. The second-order valence-corrected chi connectivity index (χ2v) is 8.93. The molecule has 2 aliphatic heterocycles. The fraction of sp³-hybridized carbons (Fsp3) is 1.00. The van der Waals surface area contributed by atoms with E-state index in [4.69, 9.17) is 19.9 Å². The number of unbranched alkanes of at least 4 members (excludes halogenated alkanes) is 6. The largest absolute Gasteiger partial charge is 0.394 e. The monoisotopic (exact) mass is 483 g/mol. The summed E-state index contributed by atoms with van der Waals surface area (Å²) in [5.41, 5.74) is 5.46. The van der Waals surface area contributed by atoms with Crippen LogP contribution in [0.4, 0.5) is 0 Å². The van der Waals surface area contributed by atoms with E-state index in [9.17, 15) is 40.9 Å². The lowest BCUT2D eigenvalue weighted by Gasteiger charge is -2.49. The van der Waals surface area contributed by atoms with Crippen molar-refractivity contribution in [3.05, 3.63) is 0 Å². The Bertz CT molecular complexity index is 554. The molecule has 0 saturated carbocycles. The van der Waals surface area contributed by atoms with E-state index in [1.165, 1.54) is 0 Å². The van der Waals surface area contributed by atoms with Gasteiger partial charge in [0.25, 0.3) is 0 Å². The zero-order valence-electron chi connectivity index (χ0n) is 18.9. The van der Waals surface area contributed by atoms with Gasteiger partial charge in [0.05, 0.1) is 13.2 Å². The van der Waals surface area contributed by atoms with Gasteiger partial charge in [-0.05, 0) is 19.4 Å². The molecule has 2 rings (SSSR count). The lowest BCUT2D eigenvalue weighted by atomic mass is 9.89. The minimum Gasteiger partial charge on any atom is -0.394 e. The molecule has 0 aromatic rings. The molecule has 2 aliphatic rings. The first kappa shape index (κ1) is 28.8. The van der Waals surface area contributed by atoms with Crippen LogP contribution >= 0.6 is 0 Å². The Labute approximate surface area is 193 Å². The first-order valence-electron chi connectivity index (χ1n) is 11.7. The molecule has 0 amide bonds. The maximum Gasteiger partial charge on any atom is 0.195 e. The van der Waals surface area contributed by atoms with Crippen LogP contribution in [0.3, 0.4) is 0 Å². The van der Waals surface area contributed by atoms with Crippen LogP contribution in [-0.4, -0.2) is 122 Å². The van der Waals surface area contributed by atoms with Crippen LogP contribution in [-0.2, 0) is 14.2 Å². The Morgan fingerprint density at radius 2 is 1.30 bits per heavy atom. The van der Waals surface area contributed by atoms with Gasteiger partial charge in [0.1, 0.15) is 48.8 Å². The van der Waals surface area contributed by atoms with Gasteiger partial charge in [0.15, 0.2) is 12.1 Å². The van der Waals surface area contributed by atoms with Crippen LogP contribution in [0.15, 0.2) is 0 Å². The first-order valence-corrected chi connectivity index (χ1v) is 11.7. The number of hydrogen-bond acceptors (Lipinski definition) is 12. The van der Waals surface area contributed by atoms with E-state index in [0.717, 1.165) is 38.5 Å². The molecule has 0 spiro atoms. The zero-order valence-corrected chi connectivity index (χ0v) is 18.9. The number of aliphatic hydroxyl groups is 8. The molecule has 196 valence electrons. The topological polar surface area (TPSA) is 216 Å². The molecular weight excluding hydrogens is 442 g/mol. The summed E-state index contributed by atoms with van der Waals surface area (Å²) >= 11 is 0. The van der Waals surface area contributed by atoms with Crippen LogP contribution in [0.1, 0.15) is 51.4 Å². The number of aliphatic hydroxyl groups excluding tert-OH is 7. The van der Waals surface area contributed by atoms with Crippen molar-refractivity contribution in [1.29, 1.82) is 0 Å². The maximum atomic E-state index is 10.8. The Morgan fingerprint density at radius 3 is 1.88 bits per heavy atom. The SMILES string of the molecule is NCCCCCCCCC[C@@]1(O)O[C@H](CO)[C@@H](O[C@@H]2O[C@H](CO)[C@H](O)[C@H](O)[C@H]2O)[C@H](O)[C@H]1O. The van der Waals surface area contributed by atoms with Gasteiger partial charge in [-0.2, -0.15) is 0 Å². The summed E-state index contributed by atoms with van der Waals surface area (Å²) in [4.78, 5) is 0. The van der Waals surface area contributed by atoms with Crippen molar-refractivity contribution in [3.63, 3.8) is 0 Å². The minimum atomic E-state index is -2.11. The Morgan fingerprint density at radius 1 is 0.727 bits per heavy atom. The van der Waals surface area contributed by atoms with Crippen LogP contribution in [0, 0.1) is 0 Å². The molecule has 10 atom stereocenters. The fourth-order valence-electron chi connectivity index (χ4n) is 4.32. The molecule has 0 aromatic heterocycles. The second kappa shape index (κ2) is 13.6. The number of ether oxygens (including phenoxy) is 3. The summed E-state index contributed by atoms with van der Waals surface area (Å²) in [7, 11) is 0. The molecular formula is C21H41NO11. The molecule has 2 saturated heterocycles. The van der Waals surface area contributed by atoms with Crippen molar-refractivity contribution in [1.82, 2.24) is 0 Å². The normalized spacial score (nSPS) is 41.9. The summed E-state index contributed by atoms with van der Waals surface area (Å²) in [6.07, 6.45) is -7.66. The van der Waals surface area contributed by atoms with Gasteiger partial charge in [-0.1, -0.05) is 32.1 Å². The van der Waals surface area contributed by atoms with E-state index in [2.05, 4.69) is 0 Å². The van der Waals surface area contributed by atoms with Crippen molar-refractivity contribution in [2.24, 2.45) is 5.73 Å². The molecule has 12 nitrogen and oxygen atoms in total. The third-order valence-electron chi connectivity index (χ3n) is 6.40. The predicted molar refractivity (Wildman–Crippen MR) is 114 cm³/mol. The fourth-order valence-corrected chi connectivity index (χ4v) is 4.32. The van der Waals surface area contributed by atoms with Gasteiger partial charge in [0.2, 0.25) is 0 Å². The molecule has 0 radical (unpaired) electrons. The third kappa shape index (κ3) is 7.26. The zero-order chi connectivity index (χ0) is 24.6. The van der Waals surface area contributed by atoms with Gasteiger partial charge < -0.3 is 60.8 Å². The highest BCUT2D eigenvalue weighted by molar-refractivity contribution is 4.98. The van der Waals surface area contributed by atoms with Crippen LogP contribution in [0.2, 0.25) is 0 Å². The molecule has 0 unspecified atom stereocenters. The Balaban J connectivity index is 1.93. The first-order chi connectivity index (χ1) is 15.7. The quantitative estimate of drug-likeness (QED) is 0.120. The second-order valence-electron chi connectivity index (χ2n) is 8.93. The highest BCUT2D eigenvalue weighted by atomic mass is 16.7. The van der Waals surface area contributed by atoms with Crippen molar-refractivity contribution in [2.45, 2.75) is 112 Å². The van der Waals surface area contributed by atoms with E-state index in [-0.39, 0.29) is 6.42 Å². The maximum absolute atomic E-state index is 10.8. The van der Waals surface area contributed by atoms with Crippen LogP contribution in [0.25, 0.3) is 0 Å². The molecule has 33 heavy (non-hydrogen) atoms. The lowest BCUT2D eigenvalue weighted by Crippen LogP contribution is -2.68. The molecule has 12 heteroatoms. The average Bonchev–Trinajstić information content (AvgIpc) is 2.81. The van der Waals surface area contributed by atoms with Gasteiger partial charge >= 0.3 is 0 Å². The van der Waals surface area contributed by atoms with Crippen molar-refractivity contribution in [2.75, 3.05) is 19.8 Å². The molecule has 2 heterocycles. The van der Waals surface area contributed by atoms with Gasteiger partial charge in [0, 0.05) is 6.42 Å². The smallest absolute Gasteiger partial charge is 0.195 e. The van der Waals surface area contributed by atoms with E-state index in [0.29, 0.717) is 13.0 Å². The molecule has 0 aliphatic carbocycles. The molecule has 2 fully saturated rings. The van der Waals surface area contributed by atoms with E-state index in [1.54, 1.807) is 0 Å². The van der Waals surface area contributed by atoms with Crippen molar-refractivity contribution in [3.8, 4) is 0 Å². The highest BCUT2D eigenvalue weighted by Crippen LogP contribution is 2.35. The summed E-state index contributed by atoms with van der Waals surface area (Å²) in [6, 6.07) is 0. The average molecular weight is 484 g/mol. The Kier molecular flexibility index (Phi) is 11.8. The number of hydrogen-bond donors (Lipinski definition) is 9. The van der Waals surface area contributed by atoms with Gasteiger partial charge in [-0.3, -0.25) is 0 Å². The summed E-state index contributed by atoms with van der Waals surface area (Å²) in [6.45, 7) is -0.680. The van der Waals surface area contributed by atoms with Gasteiger partial charge in [-0.25, -0.2) is 0 Å². The summed E-state index contributed by atoms with van der Waals surface area (Å²) < 4.78 is 16.3. The highest BCUT2D eigenvalue weighted by Gasteiger charge is 2.55. The molecule has 10 N–H and O–H groups in total. The van der Waals surface area contributed by atoms with Crippen molar-refractivity contribution >= 4 is 0 Å². The third-order valence-corrected chi connectivity index (χ3v) is 6.40. The number of rotatable bonds is 13. The van der Waals surface area contributed by atoms with Crippen LogP contribution < -0.4 is 5.73 Å². The molecule has 0 aromatic carbocycles. The lowest BCUT2D eigenvalue weighted by molar-refractivity contribution is -0.384. The van der Waals surface area contributed by atoms with E-state index < -0.39 is 74.1 Å². The van der Waals surface area contributed by atoms with Gasteiger partial charge in [-0.15, -0.1) is 0 Å². The standard InChI is InChI=1S/C21H41NO11/c22-9-7-5-3-1-2-4-6-8-21(30)19(29)17(28)18(13(11-24)33-21)32-20-16(27)15(26)14(25)12(10-23)31-20/h12-20,23-30H,1-11,22H2/t12-,13-,14+,15+,16-,17+,18-,19-,20+,21-/m1/s1. The van der Waals surface area contributed by atoms with Crippen LogP contribution in [0.5, 0.6) is 0 Å². The molecule has 0 bridgehead atoms. The number of nitrogens with two attached hydrogens (primary N) is 1.